The molecule has 122 valence electrons. The molecule has 3 rings (SSSR count). The summed E-state index contributed by atoms with van der Waals surface area (Å²) in [5.41, 5.74) is 3.26. The van der Waals surface area contributed by atoms with Gasteiger partial charge in [-0.1, -0.05) is 12.1 Å². The molecule has 0 spiro atoms. The van der Waals surface area contributed by atoms with Crippen molar-refractivity contribution in [1.82, 2.24) is 4.90 Å². The summed E-state index contributed by atoms with van der Waals surface area (Å²) in [6.45, 7) is 8.59. The van der Waals surface area contributed by atoms with Gasteiger partial charge in [-0.15, -0.1) is 11.3 Å². The number of carbonyl (C=O) groups is 1. The topological polar surface area (TPSA) is 41.6 Å². The number of amides is 1. The van der Waals surface area contributed by atoms with Crippen molar-refractivity contribution in [3.8, 4) is 0 Å². The zero-order valence-corrected chi connectivity index (χ0v) is 14.4. The summed E-state index contributed by atoms with van der Waals surface area (Å²) in [6.07, 6.45) is 0. The highest BCUT2D eigenvalue weighted by molar-refractivity contribution is 7.14. The van der Waals surface area contributed by atoms with Gasteiger partial charge >= 0.3 is 0 Å². The molecule has 1 aliphatic rings. The number of morpholine rings is 1. The van der Waals surface area contributed by atoms with Crippen LogP contribution in [0.25, 0.3) is 0 Å². The molecule has 1 N–H and O–H groups in total. The summed E-state index contributed by atoms with van der Waals surface area (Å²) in [5.74, 6) is -0.0351. The number of ether oxygens (including phenoxy) is 1. The zero-order valence-electron chi connectivity index (χ0n) is 13.6. The fourth-order valence-electron chi connectivity index (χ4n) is 2.59. The highest BCUT2D eigenvalue weighted by Crippen LogP contribution is 2.22. The van der Waals surface area contributed by atoms with Crippen LogP contribution in [0.5, 0.6) is 0 Å². The molecule has 1 aromatic carbocycles. The van der Waals surface area contributed by atoms with Gasteiger partial charge < -0.3 is 10.1 Å². The van der Waals surface area contributed by atoms with Crippen molar-refractivity contribution >= 4 is 22.9 Å². The molecule has 1 aliphatic heterocycles. The molecule has 0 atom stereocenters. The molecule has 0 bridgehead atoms. The van der Waals surface area contributed by atoms with E-state index in [4.69, 9.17) is 4.74 Å². The molecule has 1 saturated heterocycles. The van der Waals surface area contributed by atoms with Crippen LogP contribution in [-0.4, -0.2) is 37.1 Å². The minimum atomic E-state index is -0.0351. The lowest BCUT2D eigenvalue weighted by Gasteiger charge is -2.26. The molecule has 1 aromatic heterocycles. The third kappa shape index (κ3) is 4.19. The second-order valence-electron chi connectivity index (χ2n) is 5.89. The first-order valence-corrected chi connectivity index (χ1v) is 8.71. The van der Waals surface area contributed by atoms with Gasteiger partial charge in [-0.3, -0.25) is 9.69 Å². The van der Waals surface area contributed by atoms with Gasteiger partial charge in [0.05, 0.1) is 18.1 Å². The second kappa shape index (κ2) is 7.25. The van der Waals surface area contributed by atoms with E-state index in [2.05, 4.69) is 22.3 Å². The standard InChI is InChI=1S/C18H22N2O2S/c1-13-11-17(23-14(13)2)18(21)19-16-5-3-15(4-6-16)12-20-7-9-22-10-8-20/h3-6,11H,7-10,12H2,1-2H3,(H,19,21). The number of thiophene rings is 1. The van der Waals surface area contributed by atoms with Crippen molar-refractivity contribution in [3.05, 3.63) is 51.2 Å². The van der Waals surface area contributed by atoms with Gasteiger partial charge in [0.2, 0.25) is 0 Å². The number of carbonyl (C=O) groups excluding carboxylic acids is 1. The van der Waals surface area contributed by atoms with Crippen LogP contribution in [0.3, 0.4) is 0 Å². The number of aryl methyl sites for hydroxylation is 2. The molecule has 0 unspecified atom stereocenters. The van der Waals surface area contributed by atoms with Crippen molar-refractivity contribution in [1.29, 1.82) is 0 Å². The monoisotopic (exact) mass is 330 g/mol. The van der Waals surface area contributed by atoms with Gasteiger partial charge in [-0.05, 0) is 43.2 Å². The van der Waals surface area contributed by atoms with Gasteiger partial charge in [0.15, 0.2) is 0 Å². The van der Waals surface area contributed by atoms with Crippen LogP contribution in [0.15, 0.2) is 30.3 Å². The lowest BCUT2D eigenvalue weighted by Crippen LogP contribution is -2.35. The van der Waals surface area contributed by atoms with E-state index >= 15 is 0 Å². The third-order valence-electron chi connectivity index (χ3n) is 4.11. The molecule has 1 fully saturated rings. The van der Waals surface area contributed by atoms with E-state index in [1.54, 1.807) is 0 Å². The number of nitrogens with zero attached hydrogens (tertiary/aromatic N) is 1. The minimum Gasteiger partial charge on any atom is -0.379 e. The third-order valence-corrected chi connectivity index (χ3v) is 5.26. The predicted octanol–water partition coefficient (Wildman–Crippen LogP) is 3.45. The van der Waals surface area contributed by atoms with Crippen LogP contribution in [0.4, 0.5) is 5.69 Å². The Morgan fingerprint density at radius 2 is 1.91 bits per heavy atom. The first kappa shape index (κ1) is 16.2. The number of anilines is 1. The van der Waals surface area contributed by atoms with Gasteiger partial charge in [0.1, 0.15) is 0 Å². The Labute approximate surface area is 141 Å². The molecular formula is C18H22N2O2S. The Morgan fingerprint density at radius 3 is 2.52 bits per heavy atom. The fraction of sp³-hybridized carbons (Fsp3) is 0.389. The number of hydrogen-bond acceptors (Lipinski definition) is 4. The summed E-state index contributed by atoms with van der Waals surface area (Å²) in [6, 6.07) is 10.1. The van der Waals surface area contributed by atoms with Crippen molar-refractivity contribution < 1.29 is 9.53 Å². The molecule has 2 heterocycles. The van der Waals surface area contributed by atoms with Crippen LogP contribution in [0.2, 0.25) is 0 Å². The van der Waals surface area contributed by atoms with Gasteiger partial charge in [0, 0.05) is 30.2 Å². The molecule has 4 nitrogen and oxygen atoms in total. The van der Waals surface area contributed by atoms with E-state index in [0.29, 0.717) is 0 Å². The van der Waals surface area contributed by atoms with Crippen LogP contribution >= 0.6 is 11.3 Å². The zero-order chi connectivity index (χ0) is 16.2. The van der Waals surface area contributed by atoms with E-state index in [0.717, 1.165) is 43.4 Å². The predicted molar refractivity (Wildman–Crippen MR) is 94.3 cm³/mol. The summed E-state index contributed by atoms with van der Waals surface area (Å²) >= 11 is 1.54. The van der Waals surface area contributed by atoms with Gasteiger partial charge in [-0.25, -0.2) is 0 Å². The van der Waals surface area contributed by atoms with Crippen LogP contribution in [-0.2, 0) is 11.3 Å². The highest BCUT2D eigenvalue weighted by Gasteiger charge is 2.12. The summed E-state index contributed by atoms with van der Waals surface area (Å²) in [4.78, 5) is 16.6. The molecule has 2 aromatic rings. The first-order valence-electron chi connectivity index (χ1n) is 7.89. The molecule has 5 heteroatoms. The summed E-state index contributed by atoms with van der Waals surface area (Å²) in [5, 5.41) is 2.97. The van der Waals surface area contributed by atoms with Crippen LogP contribution < -0.4 is 5.32 Å². The molecule has 0 radical (unpaired) electrons. The van der Waals surface area contributed by atoms with E-state index < -0.39 is 0 Å². The Bertz CT molecular complexity index is 653. The number of nitrogens with one attached hydrogen (secondary N) is 1. The van der Waals surface area contributed by atoms with E-state index in [1.807, 2.05) is 32.0 Å². The Morgan fingerprint density at radius 1 is 1.22 bits per heavy atom. The molecule has 0 saturated carbocycles. The maximum Gasteiger partial charge on any atom is 0.265 e. The number of benzene rings is 1. The number of rotatable bonds is 4. The van der Waals surface area contributed by atoms with E-state index in [-0.39, 0.29) is 5.91 Å². The van der Waals surface area contributed by atoms with Crippen molar-refractivity contribution in [3.63, 3.8) is 0 Å². The Balaban J connectivity index is 1.59. The lowest BCUT2D eigenvalue weighted by molar-refractivity contribution is 0.0342. The Hall–Kier alpha value is -1.69. The van der Waals surface area contributed by atoms with Crippen molar-refractivity contribution in [2.75, 3.05) is 31.6 Å². The maximum atomic E-state index is 12.3. The molecule has 1 amide bonds. The maximum absolute atomic E-state index is 12.3. The summed E-state index contributed by atoms with van der Waals surface area (Å²) in [7, 11) is 0. The smallest absolute Gasteiger partial charge is 0.265 e. The lowest BCUT2D eigenvalue weighted by atomic mass is 10.2. The molecular weight excluding hydrogens is 308 g/mol. The van der Waals surface area contributed by atoms with Crippen LogP contribution in [0, 0.1) is 13.8 Å². The van der Waals surface area contributed by atoms with Gasteiger partial charge in [-0.2, -0.15) is 0 Å². The van der Waals surface area contributed by atoms with E-state index in [1.165, 1.54) is 27.3 Å². The average molecular weight is 330 g/mol. The van der Waals surface area contributed by atoms with Crippen LogP contribution in [0.1, 0.15) is 25.7 Å². The average Bonchev–Trinajstić information content (AvgIpc) is 2.90. The van der Waals surface area contributed by atoms with Gasteiger partial charge in [0.25, 0.3) is 5.91 Å². The normalized spacial score (nSPS) is 15.6. The molecule has 0 aliphatic carbocycles. The number of hydrogen-bond donors (Lipinski definition) is 1. The quantitative estimate of drug-likeness (QED) is 0.933. The largest absolute Gasteiger partial charge is 0.379 e. The Kier molecular flexibility index (Phi) is 5.10. The van der Waals surface area contributed by atoms with E-state index in [9.17, 15) is 4.79 Å². The first-order chi connectivity index (χ1) is 11.1. The van der Waals surface area contributed by atoms with Crippen molar-refractivity contribution in [2.45, 2.75) is 20.4 Å². The fourth-order valence-corrected chi connectivity index (χ4v) is 3.52. The van der Waals surface area contributed by atoms with Crippen molar-refractivity contribution in [2.24, 2.45) is 0 Å². The SMILES string of the molecule is Cc1cc(C(=O)Nc2ccc(CN3CCOCC3)cc2)sc1C. The second-order valence-corrected chi connectivity index (χ2v) is 7.15. The summed E-state index contributed by atoms with van der Waals surface area (Å²) < 4.78 is 5.36. The minimum absolute atomic E-state index is 0.0351. The highest BCUT2D eigenvalue weighted by atomic mass is 32.1. The molecule has 23 heavy (non-hydrogen) atoms.